The summed E-state index contributed by atoms with van der Waals surface area (Å²) >= 11 is 1.07. The lowest BCUT2D eigenvalue weighted by molar-refractivity contribution is 0.103. The van der Waals surface area contributed by atoms with Crippen molar-refractivity contribution >= 4 is 33.8 Å². The zero-order valence-corrected chi connectivity index (χ0v) is 14.5. The third-order valence-corrected chi connectivity index (χ3v) is 4.56. The number of thiazole rings is 1. The third-order valence-electron chi connectivity index (χ3n) is 3.57. The minimum absolute atomic E-state index is 0.0301. The van der Waals surface area contributed by atoms with Crippen LogP contribution in [-0.2, 0) is 0 Å². The highest BCUT2D eigenvalue weighted by atomic mass is 32.1. The van der Waals surface area contributed by atoms with Gasteiger partial charge in [0.2, 0.25) is 5.78 Å². The van der Waals surface area contributed by atoms with Crippen molar-refractivity contribution in [3.05, 3.63) is 64.3 Å². The summed E-state index contributed by atoms with van der Waals surface area (Å²) in [6, 6.07) is 11.4. The van der Waals surface area contributed by atoms with Gasteiger partial charge in [0, 0.05) is 0 Å². The lowest BCUT2D eigenvalue weighted by Gasteiger charge is -2.09. The van der Waals surface area contributed by atoms with Crippen LogP contribution in [0.25, 0.3) is 0 Å². The number of ether oxygens (including phenoxy) is 1. The number of halogens is 1. The summed E-state index contributed by atoms with van der Waals surface area (Å²) in [5.41, 5.74) is 7.59. The number of hydrogen-bond acceptors (Lipinski definition) is 6. The molecule has 7 heteroatoms. The van der Waals surface area contributed by atoms with Crippen molar-refractivity contribution in [1.29, 1.82) is 0 Å². The quantitative estimate of drug-likeness (QED) is 0.671. The second kappa shape index (κ2) is 6.90. The molecule has 0 bridgehead atoms. The topological polar surface area (TPSA) is 77.2 Å². The van der Waals surface area contributed by atoms with Crippen LogP contribution in [0.2, 0.25) is 0 Å². The van der Waals surface area contributed by atoms with Gasteiger partial charge in [-0.15, -0.1) is 0 Å². The normalized spacial score (nSPS) is 10.5. The molecule has 3 N–H and O–H groups in total. The Morgan fingerprint density at radius 1 is 1.28 bits per heavy atom. The highest BCUT2D eigenvalue weighted by molar-refractivity contribution is 7.18. The Morgan fingerprint density at radius 2 is 2.04 bits per heavy atom. The maximum atomic E-state index is 13.8. The molecular weight excluding hydrogens is 341 g/mol. The molecule has 3 aromatic rings. The van der Waals surface area contributed by atoms with Gasteiger partial charge in [0.1, 0.15) is 22.3 Å². The van der Waals surface area contributed by atoms with Crippen molar-refractivity contribution in [2.24, 2.45) is 0 Å². The first-order valence-corrected chi connectivity index (χ1v) is 8.28. The Bertz CT molecular complexity index is 940. The largest absolute Gasteiger partial charge is 0.495 e. The average Bonchev–Trinajstić information content (AvgIpc) is 2.95. The van der Waals surface area contributed by atoms with E-state index in [-0.39, 0.29) is 16.3 Å². The lowest BCUT2D eigenvalue weighted by atomic mass is 10.1. The molecule has 3 rings (SSSR count). The SMILES string of the molecule is COc1ccc(C)cc1Nc1nc(N)c(C(=O)c2ccccc2F)s1. The monoisotopic (exact) mass is 357 g/mol. The van der Waals surface area contributed by atoms with E-state index in [0.717, 1.165) is 16.9 Å². The minimum atomic E-state index is -0.588. The van der Waals surface area contributed by atoms with Gasteiger partial charge in [-0.05, 0) is 36.8 Å². The number of nitrogen functional groups attached to an aromatic ring is 1. The van der Waals surface area contributed by atoms with Crippen LogP contribution in [0.15, 0.2) is 42.5 Å². The van der Waals surface area contributed by atoms with E-state index in [9.17, 15) is 9.18 Å². The van der Waals surface area contributed by atoms with E-state index in [2.05, 4.69) is 10.3 Å². The van der Waals surface area contributed by atoms with Gasteiger partial charge in [-0.1, -0.05) is 29.5 Å². The number of nitrogens with one attached hydrogen (secondary N) is 1. The highest BCUT2D eigenvalue weighted by Crippen LogP contribution is 2.33. The molecule has 1 heterocycles. The fourth-order valence-corrected chi connectivity index (χ4v) is 3.20. The second-order valence-corrected chi connectivity index (χ2v) is 6.37. The van der Waals surface area contributed by atoms with E-state index in [1.807, 2.05) is 25.1 Å². The number of ketones is 1. The van der Waals surface area contributed by atoms with Gasteiger partial charge < -0.3 is 15.8 Å². The number of aryl methyl sites for hydroxylation is 1. The number of benzene rings is 2. The van der Waals surface area contributed by atoms with Gasteiger partial charge in [-0.25, -0.2) is 9.37 Å². The zero-order chi connectivity index (χ0) is 18.0. The smallest absolute Gasteiger partial charge is 0.209 e. The van der Waals surface area contributed by atoms with Crippen LogP contribution < -0.4 is 15.8 Å². The first kappa shape index (κ1) is 16.9. The Labute approximate surface area is 148 Å². The van der Waals surface area contributed by atoms with Crippen molar-refractivity contribution < 1.29 is 13.9 Å². The van der Waals surface area contributed by atoms with Crippen LogP contribution in [0, 0.1) is 12.7 Å². The molecule has 128 valence electrons. The number of carbonyl (C=O) groups excluding carboxylic acids is 1. The summed E-state index contributed by atoms with van der Waals surface area (Å²) in [5.74, 6) is -0.374. The number of nitrogens with two attached hydrogens (primary N) is 1. The molecule has 0 aliphatic heterocycles. The van der Waals surface area contributed by atoms with Crippen LogP contribution >= 0.6 is 11.3 Å². The molecule has 0 aliphatic rings. The summed E-state index contributed by atoms with van der Waals surface area (Å²) in [6.07, 6.45) is 0. The number of anilines is 3. The molecule has 25 heavy (non-hydrogen) atoms. The Hall–Kier alpha value is -2.93. The minimum Gasteiger partial charge on any atom is -0.495 e. The van der Waals surface area contributed by atoms with E-state index in [0.29, 0.717) is 16.6 Å². The summed E-state index contributed by atoms with van der Waals surface area (Å²) in [5, 5.41) is 3.53. The predicted molar refractivity (Wildman–Crippen MR) is 97.4 cm³/mol. The first-order valence-electron chi connectivity index (χ1n) is 7.46. The molecule has 0 spiro atoms. The highest BCUT2D eigenvalue weighted by Gasteiger charge is 2.21. The van der Waals surface area contributed by atoms with Crippen molar-refractivity contribution in [3.8, 4) is 5.75 Å². The van der Waals surface area contributed by atoms with Gasteiger partial charge in [-0.2, -0.15) is 0 Å². The number of aromatic nitrogens is 1. The number of rotatable bonds is 5. The van der Waals surface area contributed by atoms with Crippen molar-refractivity contribution in [3.63, 3.8) is 0 Å². The molecular formula is C18H16FN3O2S. The Kier molecular flexibility index (Phi) is 4.67. The maximum absolute atomic E-state index is 13.8. The molecule has 0 amide bonds. The molecule has 0 fully saturated rings. The molecule has 5 nitrogen and oxygen atoms in total. The lowest BCUT2D eigenvalue weighted by Crippen LogP contribution is -2.04. The summed E-state index contributed by atoms with van der Waals surface area (Å²) in [6.45, 7) is 1.95. The van der Waals surface area contributed by atoms with Crippen LogP contribution in [0.4, 0.5) is 21.0 Å². The van der Waals surface area contributed by atoms with Crippen molar-refractivity contribution in [1.82, 2.24) is 4.98 Å². The number of hydrogen-bond donors (Lipinski definition) is 2. The van der Waals surface area contributed by atoms with Crippen LogP contribution in [0.3, 0.4) is 0 Å². The van der Waals surface area contributed by atoms with E-state index in [1.165, 1.54) is 18.2 Å². The molecule has 2 aromatic carbocycles. The van der Waals surface area contributed by atoms with Crippen molar-refractivity contribution in [2.45, 2.75) is 6.92 Å². The average molecular weight is 357 g/mol. The van der Waals surface area contributed by atoms with Crippen LogP contribution in [-0.4, -0.2) is 17.9 Å². The second-order valence-electron chi connectivity index (χ2n) is 5.37. The zero-order valence-electron chi connectivity index (χ0n) is 13.7. The van der Waals surface area contributed by atoms with E-state index >= 15 is 0 Å². The molecule has 1 aromatic heterocycles. The van der Waals surface area contributed by atoms with E-state index in [1.54, 1.807) is 13.2 Å². The van der Waals surface area contributed by atoms with E-state index in [4.69, 9.17) is 10.5 Å². The summed E-state index contributed by atoms with van der Waals surface area (Å²) < 4.78 is 19.2. The number of carbonyl (C=O) groups is 1. The van der Waals surface area contributed by atoms with Gasteiger partial charge in [-0.3, -0.25) is 4.79 Å². The molecule has 0 saturated carbocycles. The van der Waals surface area contributed by atoms with Gasteiger partial charge in [0.15, 0.2) is 5.13 Å². The van der Waals surface area contributed by atoms with Crippen LogP contribution in [0.1, 0.15) is 20.8 Å². The Morgan fingerprint density at radius 3 is 2.76 bits per heavy atom. The molecule has 0 atom stereocenters. The summed E-state index contributed by atoms with van der Waals surface area (Å²) in [4.78, 5) is 16.9. The number of methoxy groups -OCH3 is 1. The molecule has 0 radical (unpaired) electrons. The third kappa shape index (κ3) is 3.46. The first-order chi connectivity index (χ1) is 12.0. The molecule has 0 unspecified atom stereocenters. The fourth-order valence-electron chi connectivity index (χ4n) is 2.35. The van der Waals surface area contributed by atoms with Crippen molar-refractivity contribution in [2.75, 3.05) is 18.2 Å². The van der Waals surface area contributed by atoms with Crippen LogP contribution in [0.5, 0.6) is 5.75 Å². The molecule has 0 saturated heterocycles. The number of nitrogens with zero attached hydrogens (tertiary/aromatic N) is 1. The fraction of sp³-hybridized carbons (Fsp3) is 0.111. The standard InChI is InChI=1S/C18H16FN3O2S/c1-10-7-8-14(24-2)13(9-10)21-18-22-17(20)16(25-18)15(23)11-5-3-4-6-12(11)19/h3-9H,20H2,1-2H3,(H,21,22). The van der Waals surface area contributed by atoms with Gasteiger partial charge in [0.25, 0.3) is 0 Å². The predicted octanol–water partition coefficient (Wildman–Crippen LogP) is 4.16. The molecule has 0 aliphatic carbocycles. The maximum Gasteiger partial charge on any atom is 0.209 e. The van der Waals surface area contributed by atoms with E-state index < -0.39 is 11.6 Å². The Balaban J connectivity index is 1.92. The van der Waals surface area contributed by atoms with Gasteiger partial charge in [0.05, 0.1) is 18.4 Å². The summed E-state index contributed by atoms with van der Waals surface area (Å²) in [7, 11) is 1.57. The van der Waals surface area contributed by atoms with Gasteiger partial charge >= 0.3 is 0 Å².